The summed E-state index contributed by atoms with van der Waals surface area (Å²) in [4.78, 5) is 6.55. The number of likely N-dealkylation sites (tertiary alicyclic amines) is 1. The van der Waals surface area contributed by atoms with E-state index in [-0.39, 0.29) is 25.2 Å². The quantitative estimate of drug-likeness (QED) is 0.341. The summed E-state index contributed by atoms with van der Waals surface area (Å²) in [5.74, 6) is -3.06. The highest BCUT2D eigenvalue weighted by molar-refractivity contribution is 5.85. The van der Waals surface area contributed by atoms with Gasteiger partial charge in [0, 0.05) is 43.4 Å². The minimum absolute atomic E-state index is 0.00920. The molecule has 10 heteroatoms. The van der Waals surface area contributed by atoms with Crippen LogP contribution in [-0.4, -0.2) is 60.1 Å². The topological polar surface area (TPSA) is 101 Å². The van der Waals surface area contributed by atoms with Crippen LogP contribution >= 0.6 is 0 Å². The zero-order valence-electron chi connectivity index (χ0n) is 21.4. The van der Waals surface area contributed by atoms with Gasteiger partial charge in [0.25, 0.3) is 0 Å². The molecule has 0 bridgehead atoms. The van der Waals surface area contributed by atoms with Crippen molar-refractivity contribution in [2.75, 3.05) is 40.0 Å². The van der Waals surface area contributed by atoms with E-state index in [1.165, 1.54) is 0 Å². The predicted octanol–water partition coefficient (Wildman–Crippen LogP) is 4.09. The van der Waals surface area contributed by atoms with Crippen molar-refractivity contribution in [3.63, 3.8) is 0 Å². The van der Waals surface area contributed by atoms with Gasteiger partial charge < -0.3 is 25.4 Å². The van der Waals surface area contributed by atoms with E-state index in [0.29, 0.717) is 63.2 Å². The molecule has 1 saturated heterocycles. The number of nitrogens with two attached hydrogens (primary N) is 1. The van der Waals surface area contributed by atoms with Crippen LogP contribution < -0.4 is 15.2 Å². The Labute approximate surface area is 220 Å². The van der Waals surface area contributed by atoms with E-state index in [1.807, 2.05) is 18.2 Å². The Morgan fingerprint density at radius 3 is 2.47 bits per heavy atom. The van der Waals surface area contributed by atoms with E-state index in [2.05, 4.69) is 9.88 Å². The van der Waals surface area contributed by atoms with E-state index < -0.39 is 29.3 Å². The van der Waals surface area contributed by atoms with Crippen LogP contribution in [0.4, 0.5) is 13.2 Å². The number of methoxy groups -OCH3 is 1. The van der Waals surface area contributed by atoms with E-state index in [4.69, 9.17) is 15.2 Å². The Hall–Kier alpha value is -2.92. The van der Waals surface area contributed by atoms with Crippen molar-refractivity contribution in [2.24, 2.45) is 11.1 Å². The largest absolute Gasteiger partial charge is 0.497 e. The molecule has 0 radical (unpaired) electrons. The molecule has 1 fully saturated rings. The number of benzene rings is 2. The van der Waals surface area contributed by atoms with Crippen molar-refractivity contribution in [1.29, 1.82) is 0 Å². The highest BCUT2D eigenvalue weighted by Crippen LogP contribution is 2.39. The van der Waals surface area contributed by atoms with Gasteiger partial charge in [-0.3, -0.25) is 9.88 Å². The zero-order valence-corrected chi connectivity index (χ0v) is 21.4. The molecular formula is C28H34F3N3O4. The maximum Gasteiger partial charge on any atom is 0.190 e. The van der Waals surface area contributed by atoms with Crippen molar-refractivity contribution in [2.45, 2.75) is 38.3 Å². The molecule has 206 valence electrons. The number of pyridine rings is 1. The number of fused-ring (bicyclic) bond motifs is 1. The van der Waals surface area contributed by atoms with Gasteiger partial charge >= 0.3 is 0 Å². The molecule has 4 N–H and O–H groups in total. The van der Waals surface area contributed by atoms with Crippen LogP contribution in [0.3, 0.4) is 0 Å². The number of ether oxygens (including phenoxy) is 2. The van der Waals surface area contributed by atoms with Crippen molar-refractivity contribution in [3.8, 4) is 11.5 Å². The van der Waals surface area contributed by atoms with E-state index in [1.54, 1.807) is 13.3 Å². The van der Waals surface area contributed by atoms with Crippen LogP contribution in [0.1, 0.15) is 42.9 Å². The maximum atomic E-state index is 13.8. The molecule has 38 heavy (non-hydrogen) atoms. The van der Waals surface area contributed by atoms with Crippen LogP contribution in [0.15, 0.2) is 36.5 Å². The van der Waals surface area contributed by atoms with Crippen LogP contribution in [-0.2, 0) is 6.54 Å². The predicted molar refractivity (Wildman–Crippen MR) is 137 cm³/mol. The molecule has 1 aliphatic heterocycles. The number of halogens is 3. The van der Waals surface area contributed by atoms with Crippen molar-refractivity contribution in [1.82, 2.24) is 9.88 Å². The molecule has 7 nitrogen and oxygen atoms in total. The molecule has 0 unspecified atom stereocenters. The number of rotatable bonds is 11. The number of aliphatic hydroxyl groups excluding tert-OH is 2. The molecule has 1 aromatic heterocycles. The zero-order chi connectivity index (χ0) is 27.3. The summed E-state index contributed by atoms with van der Waals surface area (Å²) in [5, 5.41) is 22.3. The van der Waals surface area contributed by atoms with E-state index >= 15 is 0 Å². The fourth-order valence-corrected chi connectivity index (χ4v) is 5.19. The Bertz CT molecular complexity index is 1220. The van der Waals surface area contributed by atoms with Crippen LogP contribution in [0.2, 0.25) is 0 Å². The summed E-state index contributed by atoms with van der Waals surface area (Å²) in [6.45, 7) is 2.04. The molecule has 0 aliphatic carbocycles. The monoisotopic (exact) mass is 533 g/mol. The van der Waals surface area contributed by atoms with Gasteiger partial charge in [-0.1, -0.05) is 0 Å². The summed E-state index contributed by atoms with van der Waals surface area (Å²) in [5.41, 5.74) is 7.85. The lowest BCUT2D eigenvalue weighted by Crippen LogP contribution is -2.43. The minimum atomic E-state index is -1.07. The first-order valence-corrected chi connectivity index (χ1v) is 12.7. The van der Waals surface area contributed by atoms with Gasteiger partial charge in [0.1, 0.15) is 18.2 Å². The minimum Gasteiger partial charge on any atom is -0.497 e. The maximum absolute atomic E-state index is 13.8. The number of nitrogens with zero attached hydrogens (tertiary/aromatic N) is 2. The average Bonchev–Trinajstić information content (AvgIpc) is 2.92. The molecule has 3 aromatic rings. The fraction of sp³-hybridized carbons (Fsp3) is 0.464. The third-order valence-electron chi connectivity index (χ3n) is 7.57. The molecule has 0 amide bonds. The number of piperidine rings is 1. The van der Waals surface area contributed by atoms with E-state index in [0.717, 1.165) is 22.0 Å². The van der Waals surface area contributed by atoms with Gasteiger partial charge in [0.15, 0.2) is 17.4 Å². The van der Waals surface area contributed by atoms with Gasteiger partial charge in [-0.2, -0.15) is 0 Å². The molecule has 4 rings (SSSR count). The molecule has 0 spiro atoms. The van der Waals surface area contributed by atoms with E-state index in [9.17, 15) is 23.4 Å². The highest BCUT2D eigenvalue weighted by atomic mass is 19.1. The third kappa shape index (κ3) is 6.20. The number of aromatic nitrogens is 1. The van der Waals surface area contributed by atoms with Gasteiger partial charge in [-0.15, -0.1) is 0 Å². The summed E-state index contributed by atoms with van der Waals surface area (Å²) in [7, 11) is 1.58. The lowest BCUT2D eigenvalue weighted by atomic mass is 9.74. The Morgan fingerprint density at radius 2 is 1.84 bits per heavy atom. The lowest BCUT2D eigenvalue weighted by molar-refractivity contribution is 0.0202. The Balaban J connectivity index is 1.35. The Morgan fingerprint density at radius 1 is 1.13 bits per heavy atom. The fourth-order valence-electron chi connectivity index (χ4n) is 5.19. The number of hydrogen-bond acceptors (Lipinski definition) is 7. The summed E-state index contributed by atoms with van der Waals surface area (Å²) in [6, 6.07) is 6.69. The smallest absolute Gasteiger partial charge is 0.190 e. The normalized spacial score (nSPS) is 16.5. The van der Waals surface area contributed by atoms with Crippen LogP contribution in [0, 0.1) is 22.9 Å². The molecular weight excluding hydrogens is 499 g/mol. The second-order valence-electron chi connectivity index (χ2n) is 9.89. The van der Waals surface area contributed by atoms with Gasteiger partial charge in [0.2, 0.25) is 0 Å². The van der Waals surface area contributed by atoms with Crippen LogP contribution in [0.25, 0.3) is 10.9 Å². The summed E-state index contributed by atoms with van der Waals surface area (Å²) < 4.78 is 51.3. The summed E-state index contributed by atoms with van der Waals surface area (Å²) >= 11 is 0. The van der Waals surface area contributed by atoms with Crippen molar-refractivity contribution >= 4 is 10.9 Å². The molecule has 1 aliphatic rings. The number of hydrogen-bond donors (Lipinski definition) is 3. The first-order valence-electron chi connectivity index (χ1n) is 12.7. The average molecular weight is 534 g/mol. The Kier molecular flexibility index (Phi) is 9.09. The van der Waals surface area contributed by atoms with Gasteiger partial charge in [-0.25, -0.2) is 13.2 Å². The molecule has 2 aromatic carbocycles. The van der Waals surface area contributed by atoms with Crippen molar-refractivity contribution in [3.05, 3.63) is 65.1 Å². The summed E-state index contributed by atoms with van der Waals surface area (Å²) in [6.07, 6.45) is 3.35. The molecule has 2 heterocycles. The third-order valence-corrected chi connectivity index (χ3v) is 7.57. The standard InChI is InChI=1S/C28H34F3N3O4/c1-37-20-2-3-24-21(14-20)26(18(15-32)16-33-24)25(36)4-5-28(17-35)6-8-34(9-7-28)10-11-38-27-22(30)12-19(29)13-23(27)31/h2-3,12-14,16,25,35-36H,4-11,15,17,32H2,1H3/t25-/m1/s1. The lowest BCUT2D eigenvalue weighted by Gasteiger charge is -2.41. The van der Waals surface area contributed by atoms with Crippen LogP contribution in [0.5, 0.6) is 11.5 Å². The van der Waals surface area contributed by atoms with Gasteiger partial charge in [0.05, 0.1) is 18.7 Å². The van der Waals surface area contributed by atoms with Crippen molar-refractivity contribution < 1.29 is 32.9 Å². The molecule has 1 atom stereocenters. The van der Waals surface area contributed by atoms with Gasteiger partial charge in [-0.05, 0) is 73.5 Å². The number of aliphatic hydroxyl groups is 2. The first kappa shape index (κ1) is 28.1. The second-order valence-corrected chi connectivity index (χ2v) is 9.89. The molecule has 0 saturated carbocycles. The second kappa shape index (κ2) is 12.3. The first-order chi connectivity index (χ1) is 18.3. The highest BCUT2D eigenvalue weighted by Gasteiger charge is 2.35. The SMILES string of the molecule is COc1ccc2ncc(CN)c([C@H](O)CCC3(CO)CCN(CCOc4c(F)cc(F)cc4F)CC3)c2c1.